The molecule has 0 amide bonds. The quantitative estimate of drug-likeness (QED) is 0.505. The molecule has 0 radical (unpaired) electrons. The van der Waals surface area contributed by atoms with Crippen LogP contribution in [0.25, 0.3) is 0 Å². The molecule has 2 rings (SSSR count). The molecule has 17 heavy (non-hydrogen) atoms. The molecule has 1 aliphatic rings. The Hall–Kier alpha value is -0.500. The van der Waals surface area contributed by atoms with Gasteiger partial charge < -0.3 is 5.32 Å². The number of nitro benzene ring substituents is 1. The van der Waals surface area contributed by atoms with E-state index < -0.39 is 0 Å². The molecule has 1 N–H and O–H groups in total. The van der Waals surface area contributed by atoms with Crippen molar-refractivity contribution in [1.29, 1.82) is 0 Å². The molecule has 0 aliphatic carbocycles. The van der Waals surface area contributed by atoms with Crippen molar-refractivity contribution in [2.45, 2.75) is 18.1 Å². The molecule has 0 bridgehead atoms. The molecule has 0 saturated carbocycles. The van der Waals surface area contributed by atoms with Gasteiger partial charge >= 0.3 is 0 Å². The molecule has 0 spiro atoms. The van der Waals surface area contributed by atoms with E-state index in [4.69, 9.17) is 0 Å². The first kappa shape index (κ1) is 12.9. The fraction of sp³-hybridized carbons (Fsp3) is 0.455. The largest absolute Gasteiger partial charge is 0.383 e. The molecule has 1 fully saturated rings. The Bertz CT molecular complexity index is 422. The maximum Gasteiger partial charge on any atom is 0.270 e. The number of anilines is 1. The van der Waals surface area contributed by atoms with Crippen molar-refractivity contribution in [3.8, 4) is 0 Å². The van der Waals surface area contributed by atoms with Crippen LogP contribution >= 0.6 is 34.4 Å². The number of non-ortho nitro benzene ring substituents is 1. The topological polar surface area (TPSA) is 55.2 Å². The SMILES string of the molecule is O=[N+]([O-])c1ccc(NCC2CCCS2)c(I)c1. The molecule has 4 nitrogen and oxygen atoms in total. The molecule has 1 unspecified atom stereocenters. The number of halogens is 1. The van der Waals surface area contributed by atoms with E-state index in [1.165, 1.54) is 18.6 Å². The number of thioether (sulfide) groups is 1. The summed E-state index contributed by atoms with van der Waals surface area (Å²) in [7, 11) is 0. The lowest BCUT2D eigenvalue weighted by molar-refractivity contribution is -0.384. The minimum atomic E-state index is -0.362. The maximum absolute atomic E-state index is 10.6. The zero-order valence-corrected chi connectivity index (χ0v) is 12.2. The summed E-state index contributed by atoms with van der Waals surface area (Å²) in [4.78, 5) is 10.2. The number of hydrogen-bond donors (Lipinski definition) is 1. The normalized spacial score (nSPS) is 19.2. The molecular weight excluding hydrogens is 351 g/mol. The highest BCUT2D eigenvalue weighted by atomic mass is 127. The Labute approximate surface area is 118 Å². The monoisotopic (exact) mass is 364 g/mol. The minimum Gasteiger partial charge on any atom is -0.383 e. The second-order valence-corrected chi connectivity index (χ2v) is 6.51. The van der Waals surface area contributed by atoms with E-state index in [-0.39, 0.29) is 10.6 Å². The molecule has 92 valence electrons. The van der Waals surface area contributed by atoms with E-state index in [1.807, 2.05) is 11.8 Å². The number of nitro groups is 1. The van der Waals surface area contributed by atoms with E-state index in [0.717, 1.165) is 15.8 Å². The lowest BCUT2D eigenvalue weighted by Gasteiger charge is -2.12. The number of nitrogens with one attached hydrogen (secondary N) is 1. The molecule has 0 aromatic heterocycles. The van der Waals surface area contributed by atoms with Crippen molar-refractivity contribution in [1.82, 2.24) is 0 Å². The molecule has 1 saturated heterocycles. The van der Waals surface area contributed by atoms with Crippen LogP contribution in [-0.2, 0) is 0 Å². The van der Waals surface area contributed by atoms with Crippen LogP contribution in [0.1, 0.15) is 12.8 Å². The second kappa shape index (κ2) is 5.90. The molecule has 1 atom stereocenters. The van der Waals surface area contributed by atoms with Gasteiger partial charge in [-0.3, -0.25) is 10.1 Å². The van der Waals surface area contributed by atoms with Gasteiger partial charge in [0, 0.05) is 33.2 Å². The van der Waals surface area contributed by atoms with Crippen LogP contribution in [0.2, 0.25) is 0 Å². The van der Waals surface area contributed by atoms with Crippen molar-refractivity contribution in [3.63, 3.8) is 0 Å². The molecule has 6 heteroatoms. The van der Waals surface area contributed by atoms with Crippen molar-refractivity contribution in [3.05, 3.63) is 31.9 Å². The Kier molecular flexibility index (Phi) is 4.49. The molecule has 1 aliphatic heterocycles. The van der Waals surface area contributed by atoms with Gasteiger partial charge in [0.15, 0.2) is 0 Å². The first-order valence-corrected chi connectivity index (χ1v) is 7.59. The van der Waals surface area contributed by atoms with Gasteiger partial charge in [0.25, 0.3) is 5.69 Å². The van der Waals surface area contributed by atoms with Crippen LogP contribution < -0.4 is 5.32 Å². The highest BCUT2D eigenvalue weighted by Gasteiger charge is 2.16. The number of benzene rings is 1. The third kappa shape index (κ3) is 3.48. The van der Waals surface area contributed by atoms with Gasteiger partial charge in [0.2, 0.25) is 0 Å². The second-order valence-electron chi connectivity index (χ2n) is 3.94. The van der Waals surface area contributed by atoms with Crippen LogP contribution in [0.3, 0.4) is 0 Å². The van der Waals surface area contributed by atoms with E-state index in [9.17, 15) is 10.1 Å². The summed E-state index contributed by atoms with van der Waals surface area (Å²) in [6.07, 6.45) is 2.57. The number of hydrogen-bond acceptors (Lipinski definition) is 4. The first-order chi connectivity index (χ1) is 8.16. The van der Waals surface area contributed by atoms with Crippen molar-refractivity contribution in [2.24, 2.45) is 0 Å². The van der Waals surface area contributed by atoms with E-state index in [1.54, 1.807) is 18.2 Å². The van der Waals surface area contributed by atoms with E-state index >= 15 is 0 Å². The Morgan fingerprint density at radius 3 is 3.00 bits per heavy atom. The lowest BCUT2D eigenvalue weighted by Crippen LogP contribution is -2.14. The number of nitrogens with zero attached hydrogens (tertiary/aromatic N) is 1. The molecule has 1 heterocycles. The van der Waals surface area contributed by atoms with Gasteiger partial charge in [0.1, 0.15) is 0 Å². The fourth-order valence-electron chi connectivity index (χ4n) is 1.79. The summed E-state index contributed by atoms with van der Waals surface area (Å²) >= 11 is 4.13. The van der Waals surface area contributed by atoms with Gasteiger partial charge in [-0.2, -0.15) is 11.8 Å². The zero-order chi connectivity index (χ0) is 12.3. The van der Waals surface area contributed by atoms with Crippen molar-refractivity contribution >= 4 is 45.7 Å². The van der Waals surface area contributed by atoms with Gasteiger partial charge in [0.05, 0.1) is 4.92 Å². The van der Waals surface area contributed by atoms with Crippen LogP contribution in [0.15, 0.2) is 18.2 Å². The fourth-order valence-corrected chi connectivity index (χ4v) is 3.68. The van der Waals surface area contributed by atoms with Gasteiger partial charge in [-0.15, -0.1) is 0 Å². The smallest absolute Gasteiger partial charge is 0.270 e. The maximum atomic E-state index is 10.6. The highest BCUT2D eigenvalue weighted by Crippen LogP contribution is 2.28. The van der Waals surface area contributed by atoms with E-state index in [2.05, 4.69) is 27.9 Å². The summed E-state index contributed by atoms with van der Waals surface area (Å²) < 4.78 is 0.903. The Morgan fingerprint density at radius 2 is 2.41 bits per heavy atom. The highest BCUT2D eigenvalue weighted by molar-refractivity contribution is 14.1. The van der Waals surface area contributed by atoms with Crippen LogP contribution in [0.4, 0.5) is 11.4 Å². The predicted octanol–water partition coefficient (Wildman–Crippen LogP) is 3.51. The standard InChI is InChI=1S/C11H13IN2O2S/c12-10-6-8(14(15)16)3-4-11(10)13-7-9-2-1-5-17-9/h3-4,6,9,13H,1-2,5,7H2. The zero-order valence-electron chi connectivity index (χ0n) is 9.19. The van der Waals surface area contributed by atoms with Crippen LogP contribution in [0.5, 0.6) is 0 Å². The molecular formula is C11H13IN2O2S. The Morgan fingerprint density at radius 1 is 1.59 bits per heavy atom. The third-order valence-electron chi connectivity index (χ3n) is 2.71. The van der Waals surface area contributed by atoms with Gasteiger partial charge in [-0.1, -0.05) is 0 Å². The average molecular weight is 364 g/mol. The van der Waals surface area contributed by atoms with Crippen molar-refractivity contribution < 1.29 is 4.92 Å². The number of rotatable bonds is 4. The van der Waals surface area contributed by atoms with E-state index in [0.29, 0.717) is 5.25 Å². The average Bonchev–Trinajstić information content (AvgIpc) is 2.80. The molecule has 1 aromatic rings. The summed E-state index contributed by atoms with van der Waals surface area (Å²) in [5, 5.41) is 14.7. The molecule has 1 aromatic carbocycles. The van der Waals surface area contributed by atoms with Crippen molar-refractivity contribution in [2.75, 3.05) is 17.6 Å². The van der Waals surface area contributed by atoms with Gasteiger partial charge in [-0.25, -0.2) is 0 Å². The minimum absolute atomic E-state index is 0.148. The summed E-state index contributed by atoms with van der Waals surface area (Å²) in [6.45, 7) is 0.943. The summed E-state index contributed by atoms with van der Waals surface area (Å²) in [5.74, 6) is 1.25. The predicted molar refractivity (Wildman–Crippen MR) is 79.8 cm³/mol. The van der Waals surface area contributed by atoms with Gasteiger partial charge in [-0.05, 0) is 47.3 Å². The van der Waals surface area contributed by atoms with Crippen LogP contribution in [-0.4, -0.2) is 22.5 Å². The summed E-state index contributed by atoms with van der Waals surface area (Å²) in [5.41, 5.74) is 1.14. The summed E-state index contributed by atoms with van der Waals surface area (Å²) in [6, 6.07) is 4.94. The third-order valence-corrected chi connectivity index (χ3v) is 5.00. The first-order valence-electron chi connectivity index (χ1n) is 5.46. The van der Waals surface area contributed by atoms with Crippen LogP contribution in [0, 0.1) is 13.7 Å². The lowest BCUT2D eigenvalue weighted by atomic mass is 10.2. The Balaban J connectivity index is 1.98.